The number of carboxylic acid groups (broad SMARTS) is 1. The van der Waals surface area contributed by atoms with Gasteiger partial charge < -0.3 is 5.11 Å². The fourth-order valence-electron chi connectivity index (χ4n) is 4.14. The van der Waals surface area contributed by atoms with Gasteiger partial charge in [0.25, 0.3) is 0 Å². The first-order chi connectivity index (χ1) is 14.7. The number of aromatic nitrogens is 1. The van der Waals surface area contributed by atoms with E-state index < -0.39 is 29.7 Å². The number of hydrogen-bond acceptors (Lipinski definition) is 3. The van der Waals surface area contributed by atoms with Crippen molar-refractivity contribution >= 4 is 28.5 Å². The standard InChI is InChI=1S/C23H20ClF3N2O2/c24-18-7-5-16(13-17(18)23(25,26)27)21(29-11-9-15(10-12-29)22(30)31)20-8-6-14-3-1-2-4-19(14)28-20/h1-8,13,15,21H,9-12H2,(H,30,31). The third-order valence-electron chi connectivity index (χ3n) is 5.76. The van der Waals surface area contributed by atoms with Crippen LogP contribution < -0.4 is 0 Å². The zero-order chi connectivity index (χ0) is 22.2. The molecule has 31 heavy (non-hydrogen) atoms. The molecule has 1 aliphatic rings. The summed E-state index contributed by atoms with van der Waals surface area (Å²) in [5.74, 6) is -1.29. The maximum absolute atomic E-state index is 13.5. The second kappa shape index (κ2) is 8.48. The van der Waals surface area contributed by atoms with Crippen LogP contribution in [0.25, 0.3) is 10.9 Å². The lowest BCUT2D eigenvalue weighted by atomic mass is 9.92. The molecule has 1 atom stereocenters. The Balaban J connectivity index is 1.79. The number of aliphatic carboxylic acids is 1. The highest BCUT2D eigenvalue weighted by atomic mass is 35.5. The van der Waals surface area contributed by atoms with Crippen LogP contribution in [0.4, 0.5) is 13.2 Å². The average Bonchev–Trinajstić information content (AvgIpc) is 2.74. The largest absolute Gasteiger partial charge is 0.481 e. The minimum absolute atomic E-state index is 0.356. The summed E-state index contributed by atoms with van der Waals surface area (Å²) in [7, 11) is 0. The summed E-state index contributed by atoms with van der Waals surface area (Å²) in [6, 6.07) is 14.6. The third-order valence-corrected chi connectivity index (χ3v) is 6.09. The molecule has 162 valence electrons. The Bertz CT molecular complexity index is 1110. The molecule has 1 aromatic heterocycles. The van der Waals surface area contributed by atoms with Crippen LogP contribution in [-0.4, -0.2) is 34.0 Å². The molecule has 1 N–H and O–H groups in total. The topological polar surface area (TPSA) is 53.4 Å². The number of rotatable bonds is 4. The first kappa shape index (κ1) is 21.6. The normalized spacial score (nSPS) is 17.0. The lowest BCUT2D eigenvalue weighted by Crippen LogP contribution is -2.39. The smallest absolute Gasteiger partial charge is 0.417 e. The summed E-state index contributed by atoms with van der Waals surface area (Å²) < 4.78 is 40.5. The minimum atomic E-state index is -4.58. The van der Waals surface area contributed by atoms with E-state index in [2.05, 4.69) is 0 Å². The second-order valence-electron chi connectivity index (χ2n) is 7.72. The Labute approximate surface area is 182 Å². The van der Waals surface area contributed by atoms with Crippen LogP contribution >= 0.6 is 11.6 Å². The van der Waals surface area contributed by atoms with Crippen LogP contribution in [-0.2, 0) is 11.0 Å². The zero-order valence-electron chi connectivity index (χ0n) is 16.4. The van der Waals surface area contributed by atoms with Gasteiger partial charge in [-0.2, -0.15) is 13.2 Å². The van der Waals surface area contributed by atoms with Crippen LogP contribution in [0.2, 0.25) is 5.02 Å². The highest BCUT2D eigenvalue weighted by molar-refractivity contribution is 6.31. The molecule has 0 amide bonds. The lowest BCUT2D eigenvalue weighted by molar-refractivity contribution is -0.143. The van der Waals surface area contributed by atoms with E-state index in [1.807, 2.05) is 41.3 Å². The van der Waals surface area contributed by atoms with Gasteiger partial charge in [-0.1, -0.05) is 41.9 Å². The van der Waals surface area contributed by atoms with E-state index in [0.717, 1.165) is 17.0 Å². The Morgan fingerprint density at radius 2 is 1.81 bits per heavy atom. The molecule has 0 aliphatic carbocycles. The number of nitrogens with zero attached hydrogens (tertiary/aromatic N) is 2. The molecule has 1 fully saturated rings. The first-order valence-electron chi connectivity index (χ1n) is 9.93. The van der Waals surface area contributed by atoms with Crippen molar-refractivity contribution in [2.24, 2.45) is 5.92 Å². The summed E-state index contributed by atoms with van der Waals surface area (Å²) in [4.78, 5) is 18.1. The van der Waals surface area contributed by atoms with Crippen LogP contribution in [0.5, 0.6) is 0 Å². The van der Waals surface area contributed by atoms with Crippen LogP contribution in [0.15, 0.2) is 54.6 Å². The van der Waals surface area contributed by atoms with Crippen molar-refractivity contribution in [3.8, 4) is 0 Å². The van der Waals surface area contributed by atoms with Crippen molar-refractivity contribution in [1.29, 1.82) is 0 Å². The van der Waals surface area contributed by atoms with Gasteiger partial charge in [-0.15, -0.1) is 0 Å². The summed E-state index contributed by atoms with van der Waals surface area (Å²) >= 11 is 5.83. The SMILES string of the molecule is O=C(O)C1CCN(C(c2ccc(Cl)c(C(F)(F)F)c2)c2ccc3ccccc3n2)CC1. The van der Waals surface area contributed by atoms with Crippen LogP contribution in [0.1, 0.15) is 35.7 Å². The molecule has 0 saturated carbocycles. The number of benzene rings is 2. The highest BCUT2D eigenvalue weighted by Crippen LogP contribution is 2.39. The van der Waals surface area contributed by atoms with E-state index in [-0.39, 0.29) is 5.02 Å². The number of alkyl halides is 3. The van der Waals surface area contributed by atoms with Gasteiger partial charge in [-0.05, 0) is 55.8 Å². The second-order valence-corrected chi connectivity index (χ2v) is 8.12. The van der Waals surface area contributed by atoms with Gasteiger partial charge in [0.15, 0.2) is 0 Å². The molecule has 0 radical (unpaired) electrons. The highest BCUT2D eigenvalue weighted by Gasteiger charge is 2.36. The number of pyridine rings is 1. The van der Waals surface area contributed by atoms with E-state index >= 15 is 0 Å². The summed E-state index contributed by atoms with van der Waals surface area (Å²) in [6.45, 7) is 0.889. The van der Waals surface area contributed by atoms with Crippen LogP contribution in [0, 0.1) is 5.92 Å². The number of carbonyl (C=O) groups is 1. The van der Waals surface area contributed by atoms with E-state index in [1.165, 1.54) is 6.07 Å². The number of fused-ring (bicyclic) bond motifs is 1. The van der Waals surface area contributed by atoms with Crippen molar-refractivity contribution in [2.45, 2.75) is 25.1 Å². The number of carboxylic acids is 1. The van der Waals surface area contributed by atoms with Gasteiger partial charge in [-0.25, -0.2) is 0 Å². The van der Waals surface area contributed by atoms with Crippen LogP contribution in [0.3, 0.4) is 0 Å². The molecule has 2 aromatic carbocycles. The van der Waals surface area contributed by atoms with Gasteiger partial charge in [0.1, 0.15) is 0 Å². The average molecular weight is 449 g/mol. The molecule has 3 aromatic rings. The quantitative estimate of drug-likeness (QED) is 0.548. The molecule has 4 rings (SSSR count). The summed E-state index contributed by atoms with van der Waals surface area (Å²) in [6.07, 6.45) is -3.72. The summed E-state index contributed by atoms with van der Waals surface area (Å²) in [5, 5.41) is 9.88. The predicted octanol–water partition coefficient (Wildman–Crippen LogP) is 5.79. The molecular weight excluding hydrogens is 429 g/mol. The maximum Gasteiger partial charge on any atom is 0.417 e. The zero-order valence-corrected chi connectivity index (χ0v) is 17.2. The van der Waals surface area contributed by atoms with Crippen molar-refractivity contribution < 1.29 is 23.1 Å². The minimum Gasteiger partial charge on any atom is -0.481 e. The number of likely N-dealkylation sites (tertiary alicyclic amines) is 1. The van der Waals surface area contributed by atoms with Crippen molar-refractivity contribution in [1.82, 2.24) is 9.88 Å². The van der Waals surface area contributed by atoms with Crippen molar-refractivity contribution in [3.63, 3.8) is 0 Å². The predicted molar refractivity (Wildman–Crippen MR) is 112 cm³/mol. The van der Waals surface area contributed by atoms with Gasteiger partial charge in [0.2, 0.25) is 0 Å². The molecule has 8 heteroatoms. The fraction of sp³-hybridized carbons (Fsp3) is 0.304. The fourth-order valence-corrected chi connectivity index (χ4v) is 4.36. The Kier molecular flexibility index (Phi) is 5.90. The number of para-hydroxylation sites is 1. The van der Waals surface area contributed by atoms with Crippen molar-refractivity contribution in [3.05, 3.63) is 76.4 Å². The van der Waals surface area contributed by atoms with Gasteiger partial charge in [-0.3, -0.25) is 14.7 Å². The van der Waals surface area contributed by atoms with Gasteiger partial charge >= 0.3 is 12.1 Å². The molecule has 1 saturated heterocycles. The number of hydrogen-bond donors (Lipinski definition) is 1. The summed E-state index contributed by atoms with van der Waals surface area (Å²) in [5.41, 5.74) is 0.893. The Morgan fingerprint density at radius 1 is 1.10 bits per heavy atom. The molecule has 4 nitrogen and oxygen atoms in total. The molecule has 0 spiro atoms. The van der Waals surface area contributed by atoms with E-state index in [1.54, 1.807) is 6.07 Å². The number of halogens is 4. The third kappa shape index (κ3) is 4.52. The maximum atomic E-state index is 13.5. The Hall–Kier alpha value is -2.64. The van der Waals surface area contributed by atoms with E-state index in [4.69, 9.17) is 16.6 Å². The molecule has 0 bridgehead atoms. The number of piperidine rings is 1. The monoisotopic (exact) mass is 448 g/mol. The van der Waals surface area contributed by atoms with Gasteiger partial charge in [0, 0.05) is 5.39 Å². The van der Waals surface area contributed by atoms with Crippen molar-refractivity contribution in [2.75, 3.05) is 13.1 Å². The first-order valence-corrected chi connectivity index (χ1v) is 10.3. The van der Waals surface area contributed by atoms with Gasteiger partial charge in [0.05, 0.1) is 33.8 Å². The molecule has 2 heterocycles. The van der Waals surface area contributed by atoms with E-state index in [9.17, 15) is 23.1 Å². The lowest BCUT2D eigenvalue weighted by Gasteiger charge is -2.36. The molecule has 1 unspecified atom stereocenters. The van der Waals surface area contributed by atoms with E-state index in [0.29, 0.717) is 37.2 Å². The molecule has 1 aliphatic heterocycles. The Morgan fingerprint density at radius 3 is 2.48 bits per heavy atom. The molecular formula is C23H20ClF3N2O2.